The number of carbonyl (C=O) groups is 2. The second-order valence-corrected chi connectivity index (χ2v) is 8.00. The zero-order valence-corrected chi connectivity index (χ0v) is 18.3. The molecule has 2 aromatic carbocycles. The highest BCUT2D eigenvalue weighted by Gasteiger charge is 2.60. The molecule has 2 aromatic rings. The number of carbonyl (C=O) groups excluding carboxylic acids is 2. The lowest BCUT2D eigenvalue weighted by Gasteiger charge is -2.44. The molecule has 8 heteroatoms. The van der Waals surface area contributed by atoms with Gasteiger partial charge in [0.1, 0.15) is 17.4 Å². The summed E-state index contributed by atoms with van der Waals surface area (Å²) < 4.78 is 10.4. The van der Waals surface area contributed by atoms with Crippen molar-refractivity contribution in [1.29, 1.82) is 5.26 Å². The van der Waals surface area contributed by atoms with Crippen LogP contribution in [-0.2, 0) is 9.53 Å². The summed E-state index contributed by atoms with van der Waals surface area (Å²) in [6.07, 6.45) is 2.41. The SMILES string of the molecule is CCOC(=O)c1ccc(N2C(S)N(c3ccc(C#N)c(OC)c3)C(=O)C23CCC3)cc1. The Labute approximate surface area is 186 Å². The molecule has 0 bridgehead atoms. The molecule has 1 saturated heterocycles. The number of esters is 1. The monoisotopic (exact) mass is 437 g/mol. The van der Waals surface area contributed by atoms with E-state index in [0.29, 0.717) is 29.2 Å². The Kier molecular flexibility index (Phi) is 5.54. The second-order valence-electron chi connectivity index (χ2n) is 7.54. The van der Waals surface area contributed by atoms with Gasteiger partial charge in [0.05, 0.1) is 30.5 Å². The molecule has 1 amide bonds. The van der Waals surface area contributed by atoms with Crippen LogP contribution in [0.15, 0.2) is 42.5 Å². The van der Waals surface area contributed by atoms with Gasteiger partial charge in [-0.05, 0) is 62.6 Å². The van der Waals surface area contributed by atoms with Gasteiger partial charge in [0, 0.05) is 11.8 Å². The molecule has 1 saturated carbocycles. The van der Waals surface area contributed by atoms with Gasteiger partial charge in [0.2, 0.25) is 0 Å². The molecule has 1 heterocycles. The third-order valence-corrected chi connectivity index (χ3v) is 6.42. The van der Waals surface area contributed by atoms with Gasteiger partial charge in [0.25, 0.3) is 5.91 Å². The largest absolute Gasteiger partial charge is 0.495 e. The van der Waals surface area contributed by atoms with Gasteiger partial charge >= 0.3 is 5.97 Å². The molecule has 1 atom stereocenters. The number of amides is 1. The molecule has 2 aliphatic rings. The Balaban J connectivity index is 1.71. The van der Waals surface area contributed by atoms with Crippen molar-refractivity contribution < 1.29 is 19.1 Å². The fourth-order valence-electron chi connectivity index (χ4n) is 4.26. The minimum atomic E-state index is -0.668. The predicted molar refractivity (Wildman–Crippen MR) is 119 cm³/mol. The average Bonchev–Trinajstić information content (AvgIpc) is 3.00. The number of thiol groups is 1. The van der Waals surface area contributed by atoms with Crippen LogP contribution < -0.4 is 14.5 Å². The number of rotatable bonds is 5. The summed E-state index contributed by atoms with van der Waals surface area (Å²) in [5.41, 5.74) is 1.08. The van der Waals surface area contributed by atoms with Crippen molar-refractivity contribution in [3.8, 4) is 11.8 Å². The molecule has 4 rings (SSSR count). The van der Waals surface area contributed by atoms with E-state index in [1.54, 1.807) is 42.2 Å². The third-order valence-electron chi connectivity index (χ3n) is 5.96. The molecule has 7 nitrogen and oxygen atoms in total. The summed E-state index contributed by atoms with van der Waals surface area (Å²) in [7, 11) is 1.49. The van der Waals surface area contributed by atoms with Crippen LogP contribution in [0.25, 0.3) is 0 Å². The molecule has 0 aromatic heterocycles. The summed E-state index contributed by atoms with van der Waals surface area (Å²) in [5.74, 6) is 0.00634. The first-order valence-electron chi connectivity index (χ1n) is 10.1. The van der Waals surface area contributed by atoms with E-state index in [4.69, 9.17) is 22.1 Å². The fraction of sp³-hybridized carbons (Fsp3) is 0.348. The molecule has 0 radical (unpaired) electrons. The molecule has 1 unspecified atom stereocenters. The van der Waals surface area contributed by atoms with Crippen LogP contribution in [0.5, 0.6) is 5.75 Å². The molecule has 0 N–H and O–H groups in total. The van der Waals surface area contributed by atoms with Gasteiger partial charge in [-0.15, -0.1) is 12.6 Å². The molecule has 1 aliphatic heterocycles. The smallest absolute Gasteiger partial charge is 0.338 e. The van der Waals surface area contributed by atoms with Crippen LogP contribution in [0.3, 0.4) is 0 Å². The van der Waals surface area contributed by atoms with Crippen LogP contribution in [0.1, 0.15) is 42.1 Å². The summed E-state index contributed by atoms with van der Waals surface area (Å²) in [6.45, 7) is 2.08. The topological polar surface area (TPSA) is 82.9 Å². The Hall–Kier alpha value is -3.18. The Morgan fingerprint density at radius 3 is 2.45 bits per heavy atom. The third kappa shape index (κ3) is 3.29. The van der Waals surface area contributed by atoms with E-state index in [1.165, 1.54) is 7.11 Å². The van der Waals surface area contributed by atoms with Gasteiger partial charge in [-0.3, -0.25) is 9.69 Å². The van der Waals surface area contributed by atoms with Gasteiger partial charge in [0.15, 0.2) is 5.50 Å². The lowest BCUT2D eigenvalue weighted by molar-refractivity contribution is -0.124. The van der Waals surface area contributed by atoms with Crippen LogP contribution in [-0.4, -0.2) is 36.6 Å². The highest BCUT2D eigenvalue weighted by atomic mass is 32.1. The van der Waals surface area contributed by atoms with Crippen molar-refractivity contribution in [3.63, 3.8) is 0 Å². The Morgan fingerprint density at radius 2 is 1.90 bits per heavy atom. The van der Waals surface area contributed by atoms with Crippen LogP contribution >= 0.6 is 12.6 Å². The maximum Gasteiger partial charge on any atom is 0.338 e. The van der Waals surface area contributed by atoms with E-state index in [2.05, 4.69) is 6.07 Å². The zero-order valence-electron chi connectivity index (χ0n) is 17.4. The first-order valence-corrected chi connectivity index (χ1v) is 10.6. The number of hydrogen-bond acceptors (Lipinski definition) is 7. The molecular weight excluding hydrogens is 414 g/mol. The summed E-state index contributed by atoms with van der Waals surface area (Å²) in [6, 6.07) is 14.2. The van der Waals surface area contributed by atoms with Crippen LogP contribution in [0.2, 0.25) is 0 Å². The first kappa shape index (κ1) is 21.1. The number of methoxy groups -OCH3 is 1. The van der Waals surface area contributed by atoms with Gasteiger partial charge in [-0.25, -0.2) is 4.79 Å². The standard InChI is InChI=1S/C23H23N3O4S/c1-3-30-20(27)15-5-8-17(9-6-15)26-22(31)25(21(28)23(26)11-4-12-23)18-10-7-16(14-24)19(13-18)29-2/h5-10,13,22,31H,3-4,11-12H2,1-2H3. The summed E-state index contributed by atoms with van der Waals surface area (Å²) in [5, 5.41) is 9.26. The van der Waals surface area contributed by atoms with Crippen molar-refractivity contribution in [2.75, 3.05) is 23.5 Å². The van der Waals surface area contributed by atoms with Crippen molar-refractivity contribution in [1.82, 2.24) is 0 Å². The van der Waals surface area contributed by atoms with Crippen LogP contribution in [0.4, 0.5) is 11.4 Å². The summed E-state index contributed by atoms with van der Waals surface area (Å²) in [4.78, 5) is 29.2. The highest BCUT2D eigenvalue weighted by molar-refractivity contribution is 7.81. The van der Waals surface area contributed by atoms with E-state index in [0.717, 1.165) is 24.9 Å². The Bertz CT molecular complexity index is 1060. The lowest BCUT2D eigenvalue weighted by Crippen LogP contribution is -2.55. The van der Waals surface area contributed by atoms with E-state index in [9.17, 15) is 14.9 Å². The van der Waals surface area contributed by atoms with Gasteiger partial charge < -0.3 is 14.4 Å². The number of ether oxygens (including phenoxy) is 2. The number of benzene rings is 2. The number of anilines is 2. The van der Waals surface area contributed by atoms with Crippen molar-refractivity contribution >= 4 is 35.9 Å². The molecule has 2 fully saturated rings. The second kappa shape index (κ2) is 8.16. The number of nitriles is 1. The lowest BCUT2D eigenvalue weighted by atomic mass is 9.75. The van der Waals surface area contributed by atoms with Gasteiger partial charge in [-0.1, -0.05) is 0 Å². The van der Waals surface area contributed by atoms with Crippen molar-refractivity contribution in [3.05, 3.63) is 53.6 Å². The van der Waals surface area contributed by atoms with E-state index in [-0.39, 0.29) is 11.9 Å². The maximum atomic E-state index is 13.6. The molecule has 1 aliphatic carbocycles. The van der Waals surface area contributed by atoms with Crippen molar-refractivity contribution in [2.24, 2.45) is 0 Å². The van der Waals surface area contributed by atoms with Crippen LogP contribution in [0, 0.1) is 11.3 Å². The molecular formula is C23H23N3O4S. The quantitative estimate of drug-likeness (QED) is 0.567. The van der Waals surface area contributed by atoms with Gasteiger partial charge in [-0.2, -0.15) is 5.26 Å². The average molecular weight is 438 g/mol. The normalized spacial score (nSPS) is 19.2. The molecule has 160 valence electrons. The predicted octanol–water partition coefficient (Wildman–Crippen LogP) is 3.73. The minimum Gasteiger partial charge on any atom is -0.495 e. The van der Waals surface area contributed by atoms with E-state index >= 15 is 0 Å². The van der Waals surface area contributed by atoms with Crippen molar-refractivity contribution in [2.45, 2.75) is 37.2 Å². The molecule has 1 spiro atoms. The fourth-order valence-corrected chi connectivity index (χ4v) is 4.85. The Morgan fingerprint density at radius 1 is 1.23 bits per heavy atom. The number of hydrogen-bond donors (Lipinski definition) is 1. The first-order chi connectivity index (χ1) is 15.0. The number of nitrogens with zero attached hydrogens (tertiary/aromatic N) is 3. The zero-order chi connectivity index (χ0) is 22.2. The minimum absolute atomic E-state index is 0.0278. The molecule has 31 heavy (non-hydrogen) atoms. The van der Waals surface area contributed by atoms with E-state index < -0.39 is 11.0 Å². The maximum absolute atomic E-state index is 13.6. The highest BCUT2D eigenvalue weighted by Crippen LogP contribution is 2.50. The summed E-state index contributed by atoms with van der Waals surface area (Å²) >= 11 is 4.81. The van der Waals surface area contributed by atoms with E-state index in [1.807, 2.05) is 17.0 Å².